The van der Waals surface area contributed by atoms with Crippen LogP contribution in [-0.2, 0) is 5.41 Å². The normalized spacial score (nSPS) is 15.9. The summed E-state index contributed by atoms with van der Waals surface area (Å²) in [6.07, 6.45) is 5.69. The molecule has 2 heteroatoms. The van der Waals surface area contributed by atoms with Crippen molar-refractivity contribution in [2.45, 2.75) is 65.3 Å². The Morgan fingerprint density at radius 2 is 1.29 bits per heavy atom. The van der Waals surface area contributed by atoms with Crippen molar-refractivity contribution in [3.05, 3.63) is 108 Å². The number of pyridine rings is 1. The van der Waals surface area contributed by atoms with E-state index in [1.54, 1.807) is 0 Å². The van der Waals surface area contributed by atoms with E-state index in [1.807, 2.05) is 0 Å². The predicted octanol–water partition coefficient (Wildman–Crippen LogP) is 8.75. The first-order valence-corrected chi connectivity index (χ1v) is 13.1. The maximum absolute atomic E-state index is 2.54. The number of benzene rings is 3. The Bertz CT molecular complexity index is 1270. The lowest BCUT2D eigenvalue weighted by Crippen LogP contribution is -2.55. The van der Waals surface area contributed by atoms with Crippen LogP contribution in [0.5, 0.6) is 0 Å². The molecule has 2 heterocycles. The summed E-state index contributed by atoms with van der Waals surface area (Å²) in [6.45, 7) is 11.4. The van der Waals surface area contributed by atoms with Crippen LogP contribution in [0.25, 0.3) is 11.3 Å². The summed E-state index contributed by atoms with van der Waals surface area (Å²) in [7, 11) is 0. The topological polar surface area (TPSA) is 7.12 Å². The number of nitrogens with zero attached hydrogens (tertiary/aromatic N) is 2. The van der Waals surface area contributed by atoms with Gasteiger partial charge in [0.1, 0.15) is 0 Å². The van der Waals surface area contributed by atoms with Gasteiger partial charge >= 0.3 is 0 Å². The van der Waals surface area contributed by atoms with Gasteiger partial charge in [0.2, 0.25) is 5.69 Å². The molecule has 1 unspecified atom stereocenters. The van der Waals surface area contributed by atoms with E-state index in [1.165, 1.54) is 45.0 Å². The van der Waals surface area contributed by atoms with Crippen molar-refractivity contribution in [1.29, 1.82) is 0 Å². The molecule has 0 radical (unpaired) electrons. The molecule has 0 fully saturated rings. The highest BCUT2D eigenvalue weighted by atomic mass is 15.1. The Kier molecular flexibility index (Phi) is 6.23. The van der Waals surface area contributed by atoms with E-state index in [-0.39, 0.29) is 5.41 Å². The SMILES string of the molecule is CCC1[n+]2ccccc2-c2cc(N(c3ccc(C)cc3)c3ccc(C)cc3)ccc2C1(CC)CC. The molecule has 0 saturated carbocycles. The Morgan fingerprint density at radius 3 is 1.83 bits per heavy atom. The maximum Gasteiger partial charge on any atom is 0.213 e. The van der Waals surface area contributed by atoms with Gasteiger partial charge in [-0.3, -0.25) is 0 Å². The molecule has 0 spiro atoms. The molecule has 0 saturated heterocycles. The Hall–Kier alpha value is -3.39. The summed E-state index contributed by atoms with van der Waals surface area (Å²) in [5.74, 6) is 0. The molecule has 2 nitrogen and oxygen atoms in total. The Balaban J connectivity index is 1.75. The van der Waals surface area contributed by atoms with Gasteiger partial charge in [0, 0.05) is 35.6 Å². The van der Waals surface area contributed by atoms with Gasteiger partial charge in [-0.05, 0) is 74.7 Å². The highest BCUT2D eigenvalue weighted by Gasteiger charge is 2.49. The van der Waals surface area contributed by atoms with Crippen molar-refractivity contribution in [3.8, 4) is 11.3 Å². The molecule has 1 aromatic heterocycles. The van der Waals surface area contributed by atoms with Gasteiger partial charge in [0.15, 0.2) is 12.2 Å². The van der Waals surface area contributed by atoms with Crippen LogP contribution >= 0.6 is 0 Å². The molecule has 35 heavy (non-hydrogen) atoms. The zero-order chi connectivity index (χ0) is 24.6. The molecule has 5 rings (SSSR count). The van der Waals surface area contributed by atoms with Gasteiger partial charge in [-0.15, -0.1) is 0 Å². The average Bonchev–Trinajstić information content (AvgIpc) is 2.90. The summed E-state index contributed by atoms with van der Waals surface area (Å²) >= 11 is 0. The quantitative estimate of drug-likeness (QED) is 0.260. The fourth-order valence-corrected chi connectivity index (χ4v) is 6.24. The Labute approximate surface area is 210 Å². The van der Waals surface area contributed by atoms with Crippen LogP contribution in [0.15, 0.2) is 91.1 Å². The van der Waals surface area contributed by atoms with E-state index in [9.17, 15) is 0 Å². The van der Waals surface area contributed by atoms with E-state index in [0.717, 1.165) is 19.3 Å². The van der Waals surface area contributed by atoms with Crippen molar-refractivity contribution in [1.82, 2.24) is 0 Å². The minimum atomic E-state index is 0.139. The lowest BCUT2D eigenvalue weighted by molar-refractivity contribution is -0.725. The van der Waals surface area contributed by atoms with Gasteiger partial charge in [0.05, 0.1) is 11.0 Å². The van der Waals surface area contributed by atoms with Gasteiger partial charge in [-0.1, -0.05) is 62.2 Å². The van der Waals surface area contributed by atoms with Gasteiger partial charge in [-0.25, -0.2) is 0 Å². The first-order chi connectivity index (χ1) is 17.0. The number of aryl methyl sites for hydroxylation is 2. The zero-order valence-corrected chi connectivity index (χ0v) is 21.8. The number of hydrogen-bond donors (Lipinski definition) is 0. The number of hydrogen-bond acceptors (Lipinski definition) is 1. The molecule has 1 atom stereocenters. The lowest BCUT2D eigenvalue weighted by atomic mass is 9.65. The van der Waals surface area contributed by atoms with Gasteiger partial charge in [0.25, 0.3) is 0 Å². The van der Waals surface area contributed by atoms with E-state index >= 15 is 0 Å². The van der Waals surface area contributed by atoms with Crippen molar-refractivity contribution < 1.29 is 4.57 Å². The van der Waals surface area contributed by atoms with E-state index in [2.05, 4.69) is 135 Å². The van der Waals surface area contributed by atoms with Crippen LogP contribution in [0.1, 0.15) is 62.8 Å². The predicted molar refractivity (Wildman–Crippen MR) is 148 cm³/mol. The Morgan fingerprint density at radius 1 is 0.714 bits per heavy atom. The van der Waals surface area contributed by atoms with Crippen LogP contribution < -0.4 is 9.47 Å². The van der Waals surface area contributed by atoms with Crippen LogP contribution in [0.4, 0.5) is 17.1 Å². The molecule has 1 aliphatic heterocycles. The number of fused-ring (bicyclic) bond motifs is 3. The minimum absolute atomic E-state index is 0.139. The van der Waals surface area contributed by atoms with Crippen LogP contribution in [0, 0.1) is 13.8 Å². The summed E-state index contributed by atoms with van der Waals surface area (Å²) in [5, 5.41) is 0. The van der Waals surface area contributed by atoms with Crippen LogP contribution in [0.3, 0.4) is 0 Å². The molecule has 4 aromatic rings. The van der Waals surface area contributed by atoms with Crippen LogP contribution in [0.2, 0.25) is 0 Å². The standard InChI is InChI=1S/C33H37N2/c1-6-32-33(7-2,8-3)30-21-20-28(23-29(30)31-11-9-10-22-34(31)32)35(26-16-12-24(4)13-17-26)27-18-14-25(5)15-19-27/h9-23,32H,6-8H2,1-5H3/q+1. The molecular formula is C33H37N2+. The van der Waals surface area contributed by atoms with Crippen LogP contribution in [-0.4, -0.2) is 0 Å². The number of aromatic nitrogens is 1. The third-order valence-corrected chi connectivity index (χ3v) is 8.17. The first kappa shape index (κ1) is 23.4. The second-order valence-electron chi connectivity index (χ2n) is 10.0. The lowest BCUT2D eigenvalue weighted by Gasteiger charge is -2.41. The summed E-state index contributed by atoms with van der Waals surface area (Å²) in [6, 6.07) is 32.0. The van der Waals surface area contributed by atoms with E-state index in [0.29, 0.717) is 6.04 Å². The van der Waals surface area contributed by atoms with Gasteiger partial charge in [-0.2, -0.15) is 4.57 Å². The van der Waals surface area contributed by atoms with E-state index in [4.69, 9.17) is 0 Å². The second-order valence-corrected chi connectivity index (χ2v) is 10.0. The fourth-order valence-electron chi connectivity index (χ4n) is 6.24. The van der Waals surface area contributed by atoms with Gasteiger partial charge < -0.3 is 4.90 Å². The zero-order valence-electron chi connectivity index (χ0n) is 21.8. The largest absolute Gasteiger partial charge is 0.310 e. The molecular weight excluding hydrogens is 424 g/mol. The maximum atomic E-state index is 2.54. The van der Waals surface area contributed by atoms with Crippen molar-refractivity contribution in [2.75, 3.05) is 4.90 Å². The molecule has 0 N–H and O–H groups in total. The molecule has 0 bridgehead atoms. The smallest absolute Gasteiger partial charge is 0.213 e. The monoisotopic (exact) mass is 461 g/mol. The van der Waals surface area contributed by atoms with Crippen molar-refractivity contribution in [3.63, 3.8) is 0 Å². The third-order valence-electron chi connectivity index (χ3n) is 8.17. The third kappa shape index (κ3) is 3.86. The second kappa shape index (κ2) is 9.34. The highest BCUT2D eigenvalue weighted by molar-refractivity contribution is 5.81. The number of anilines is 3. The summed E-state index contributed by atoms with van der Waals surface area (Å²) < 4.78 is 2.54. The minimum Gasteiger partial charge on any atom is -0.310 e. The van der Waals surface area contributed by atoms with Crippen molar-refractivity contribution >= 4 is 17.1 Å². The highest BCUT2D eigenvalue weighted by Crippen LogP contribution is 2.50. The molecule has 0 aliphatic carbocycles. The van der Waals surface area contributed by atoms with E-state index < -0.39 is 0 Å². The van der Waals surface area contributed by atoms with Crippen molar-refractivity contribution in [2.24, 2.45) is 0 Å². The average molecular weight is 462 g/mol. The summed E-state index contributed by atoms with van der Waals surface area (Å²) in [4.78, 5) is 2.39. The number of rotatable bonds is 6. The fraction of sp³-hybridized carbons (Fsp3) is 0.303. The molecule has 3 aromatic carbocycles. The molecule has 0 amide bonds. The summed E-state index contributed by atoms with van der Waals surface area (Å²) in [5.41, 5.74) is 10.4. The first-order valence-electron chi connectivity index (χ1n) is 13.1. The molecule has 1 aliphatic rings. The molecule has 178 valence electrons.